The molecule has 4 N–H and O–H groups in total. The number of ether oxygens (including phenoxy) is 3. The second kappa shape index (κ2) is 14.7. The average Bonchev–Trinajstić information content (AvgIpc) is 3.00. The maximum absolute atomic E-state index is 13.0. The first kappa shape index (κ1) is 31.5. The lowest BCUT2D eigenvalue weighted by molar-refractivity contribution is -0.163. The van der Waals surface area contributed by atoms with Crippen LogP contribution in [0.1, 0.15) is 56.4 Å². The van der Waals surface area contributed by atoms with Crippen LogP contribution in [0.3, 0.4) is 0 Å². The molecule has 4 rings (SSSR count). The first-order valence-electron chi connectivity index (χ1n) is 14.3. The van der Waals surface area contributed by atoms with Gasteiger partial charge in [0.25, 0.3) is 0 Å². The predicted molar refractivity (Wildman–Crippen MR) is 163 cm³/mol. The number of nitrogens with one attached hydrogen (secondary N) is 2. The number of amides is 1. The predicted octanol–water partition coefficient (Wildman–Crippen LogP) is 4.97. The van der Waals surface area contributed by atoms with Crippen LogP contribution in [0.15, 0.2) is 84.9 Å². The number of nitrogens with two attached hydrogens (primary N) is 1. The third-order valence-electron chi connectivity index (χ3n) is 6.83. The molecule has 0 bridgehead atoms. The number of carbonyl (C=O) groups excluding carboxylic acids is 2. The first-order chi connectivity index (χ1) is 20.6. The monoisotopic (exact) mass is 588 g/mol. The summed E-state index contributed by atoms with van der Waals surface area (Å²) in [6.07, 6.45) is -0.471. The van der Waals surface area contributed by atoms with Gasteiger partial charge in [0.05, 0.1) is 0 Å². The van der Waals surface area contributed by atoms with E-state index in [1.54, 1.807) is 29.2 Å². The Bertz CT molecular complexity index is 1310. The van der Waals surface area contributed by atoms with Crippen molar-refractivity contribution in [3.63, 3.8) is 0 Å². The van der Waals surface area contributed by atoms with Gasteiger partial charge in [-0.25, -0.2) is 15.5 Å². The summed E-state index contributed by atoms with van der Waals surface area (Å²) in [6.45, 7) is 6.46. The zero-order chi connectivity index (χ0) is 30.8. The number of piperidine rings is 1. The van der Waals surface area contributed by atoms with Crippen molar-refractivity contribution in [1.82, 2.24) is 10.2 Å². The van der Waals surface area contributed by atoms with Gasteiger partial charge in [0.15, 0.2) is 6.10 Å². The van der Waals surface area contributed by atoms with Gasteiger partial charge in [0, 0.05) is 24.7 Å². The molecule has 3 aromatic carbocycles. The van der Waals surface area contributed by atoms with Crippen LogP contribution in [0.5, 0.6) is 5.75 Å². The highest BCUT2D eigenvalue weighted by molar-refractivity contribution is 5.96. The molecule has 0 radical (unpaired) electrons. The SMILES string of the molecule is CC(C)(C)OC(=O)N1CCCC(NC(=N)c2ccc(OC[C@H](ON)C(=O)OC(c3ccccc3)c3ccccc3)cc2)C1. The number of hydrogen-bond acceptors (Lipinski definition) is 8. The van der Waals surface area contributed by atoms with Crippen LogP contribution in [-0.4, -0.2) is 60.2 Å². The Balaban J connectivity index is 1.30. The highest BCUT2D eigenvalue weighted by Crippen LogP contribution is 2.27. The molecule has 1 aliphatic heterocycles. The molecule has 1 amide bonds. The zero-order valence-electron chi connectivity index (χ0n) is 24.8. The Labute approximate surface area is 252 Å². The van der Waals surface area contributed by atoms with Gasteiger partial charge in [0.2, 0.25) is 6.10 Å². The maximum Gasteiger partial charge on any atom is 0.410 e. The van der Waals surface area contributed by atoms with E-state index in [1.807, 2.05) is 81.4 Å². The molecule has 2 atom stereocenters. The Morgan fingerprint density at radius 3 is 2.14 bits per heavy atom. The summed E-state index contributed by atoms with van der Waals surface area (Å²) in [5, 5.41) is 11.7. The van der Waals surface area contributed by atoms with Crippen LogP contribution in [0, 0.1) is 5.41 Å². The molecule has 228 valence electrons. The standard InChI is InChI=1S/C33H40N4O6/c1-33(2,3)42-32(39)37-20-10-15-26(21-37)36-30(34)25-16-18-27(19-17-25)40-22-28(43-35)31(38)41-29(23-11-6-4-7-12-23)24-13-8-5-9-14-24/h4-9,11-14,16-19,26,28-29H,10,15,20-22,35H2,1-3H3,(H2,34,36)/t26?,28-/m0/s1. The van der Waals surface area contributed by atoms with E-state index in [0.717, 1.165) is 24.0 Å². The van der Waals surface area contributed by atoms with Crippen LogP contribution >= 0.6 is 0 Å². The van der Waals surface area contributed by atoms with Crippen molar-refractivity contribution in [1.29, 1.82) is 5.41 Å². The minimum Gasteiger partial charge on any atom is -0.490 e. The number of hydrogen-bond donors (Lipinski definition) is 3. The van der Waals surface area contributed by atoms with Crippen LogP contribution in [0.4, 0.5) is 4.79 Å². The summed E-state index contributed by atoms with van der Waals surface area (Å²) in [5.74, 6) is 5.51. The smallest absolute Gasteiger partial charge is 0.410 e. The highest BCUT2D eigenvalue weighted by atomic mass is 16.7. The second-order valence-electron chi connectivity index (χ2n) is 11.4. The normalized spacial score (nSPS) is 15.8. The molecule has 10 nitrogen and oxygen atoms in total. The summed E-state index contributed by atoms with van der Waals surface area (Å²) in [5.41, 5.74) is 1.73. The fraction of sp³-hybridized carbons (Fsp3) is 0.364. The largest absolute Gasteiger partial charge is 0.490 e. The lowest BCUT2D eigenvalue weighted by Crippen LogP contribution is -2.50. The van der Waals surface area contributed by atoms with E-state index < -0.39 is 23.8 Å². The Hall–Kier alpha value is -4.41. The van der Waals surface area contributed by atoms with E-state index >= 15 is 0 Å². The Kier molecular flexibility index (Phi) is 10.7. The summed E-state index contributed by atoms with van der Waals surface area (Å²) in [7, 11) is 0. The molecule has 1 heterocycles. The van der Waals surface area contributed by atoms with Gasteiger partial charge in [-0.05, 0) is 69.0 Å². The van der Waals surface area contributed by atoms with E-state index in [-0.39, 0.29) is 24.6 Å². The lowest BCUT2D eigenvalue weighted by Gasteiger charge is -2.34. The van der Waals surface area contributed by atoms with Gasteiger partial charge in [-0.3, -0.25) is 10.2 Å². The van der Waals surface area contributed by atoms with Gasteiger partial charge in [-0.1, -0.05) is 60.7 Å². The number of likely N-dealkylation sites (tertiary alicyclic amines) is 1. The molecule has 0 saturated carbocycles. The molecule has 1 saturated heterocycles. The van der Waals surface area contributed by atoms with Gasteiger partial charge in [-0.2, -0.15) is 0 Å². The van der Waals surface area contributed by atoms with E-state index in [1.165, 1.54) is 0 Å². The molecule has 43 heavy (non-hydrogen) atoms. The lowest BCUT2D eigenvalue weighted by atomic mass is 10.0. The molecule has 0 spiro atoms. The fourth-order valence-corrected chi connectivity index (χ4v) is 4.70. The summed E-state index contributed by atoms with van der Waals surface area (Å²) >= 11 is 0. The van der Waals surface area contributed by atoms with Crippen molar-refractivity contribution in [3.05, 3.63) is 102 Å². The topological polar surface area (TPSA) is 136 Å². The van der Waals surface area contributed by atoms with E-state index in [2.05, 4.69) is 5.32 Å². The van der Waals surface area contributed by atoms with Crippen molar-refractivity contribution in [2.45, 2.75) is 57.5 Å². The molecule has 10 heteroatoms. The molecule has 0 aromatic heterocycles. The number of carbonyl (C=O) groups is 2. The van der Waals surface area contributed by atoms with Gasteiger partial charge in [-0.15, -0.1) is 0 Å². The third-order valence-corrected chi connectivity index (χ3v) is 6.83. The molecular weight excluding hydrogens is 548 g/mol. The summed E-state index contributed by atoms with van der Waals surface area (Å²) in [6, 6.07) is 25.7. The van der Waals surface area contributed by atoms with Crippen molar-refractivity contribution in [2.75, 3.05) is 19.7 Å². The van der Waals surface area contributed by atoms with E-state index in [4.69, 9.17) is 30.4 Å². The van der Waals surface area contributed by atoms with Crippen LogP contribution in [0.25, 0.3) is 0 Å². The molecule has 3 aromatic rings. The van der Waals surface area contributed by atoms with Crippen molar-refractivity contribution >= 4 is 17.9 Å². The molecule has 1 fully saturated rings. The quantitative estimate of drug-likeness (QED) is 0.131. The van der Waals surface area contributed by atoms with E-state index in [0.29, 0.717) is 24.4 Å². The van der Waals surface area contributed by atoms with Crippen LogP contribution in [-0.2, 0) is 19.1 Å². The van der Waals surface area contributed by atoms with Crippen molar-refractivity contribution in [2.24, 2.45) is 5.90 Å². The number of rotatable bonds is 10. The molecule has 0 aliphatic carbocycles. The maximum atomic E-state index is 13.0. The Morgan fingerprint density at radius 2 is 1.58 bits per heavy atom. The van der Waals surface area contributed by atoms with Crippen LogP contribution < -0.4 is 16.0 Å². The minimum absolute atomic E-state index is 0.0613. The van der Waals surface area contributed by atoms with Gasteiger partial charge >= 0.3 is 12.1 Å². The number of esters is 1. The number of benzene rings is 3. The van der Waals surface area contributed by atoms with Crippen LogP contribution in [0.2, 0.25) is 0 Å². The summed E-state index contributed by atoms with van der Waals surface area (Å²) in [4.78, 5) is 32.1. The molecule has 1 aliphatic rings. The molecular formula is C33H40N4O6. The van der Waals surface area contributed by atoms with Gasteiger partial charge < -0.3 is 24.4 Å². The third kappa shape index (κ3) is 9.29. The minimum atomic E-state index is -1.16. The first-order valence-corrected chi connectivity index (χ1v) is 14.3. The number of nitrogens with zero attached hydrogens (tertiary/aromatic N) is 1. The summed E-state index contributed by atoms with van der Waals surface area (Å²) < 4.78 is 17.1. The second-order valence-corrected chi connectivity index (χ2v) is 11.4. The zero-order valence-corrected chi connectivity index (χ0v) is 24.8. The van der Waals surface area contributed by atoms with Crippen molar-refractivity contribution < 1.29 is 28.6 Å². The van der Waals surface area contributed by atoms with Crippen molar-refractivity contribution in [3.8, 4) is 5.75 Å². The molecule has 1 unspecified atom stereocenters. The fourth-order valence-electron chi connectivity index (χ4n) is 4.70. The van der Waals surface area contributed by atoms with E-state index in [9.17, 15) is 9.59 Å². The Morgan fingerprint density at radius 1 is 0.977 bits per heavy atom. The number of amidine groups is 1. The highest BCUT2D eigenvalue weighted by Gasteiger charge is 2.29. The van der Waals surface area contributed by atoms with Gasteiger partial charge in [0.1, 0.15) is 23.8 Å². The average molecular weight is 589 g/mol.